The predicted octanol–water partition coefficient (Wildman–Crippen LogP) is 1.49. The Bertz CT molecular complexity index is 821. The fraction of sp³-hybridized carbons (Fsp3) is 0.368. The highest BCUT2D eigenvalue weighted by molar-refractivity contribution is 5.93. The van der Waals surface area contributed by atoms with Crippen molar-refractivity contribution in [2.24, 2.45) is 0 Å². The molecule has 2 amide bonds. The molecule has 3 rings (SSSR count). The summed E-state index contributed by atoms with van der Waals surface area (Å²) < 4.78 is 13.7. The van der Waals surface area contributed by atoms with Gasteiger partial charge in [0.25, 0.3) is 5.91 Å². The molecule has 1 N–H and O–H groups in total. The average Bonchev–Trinajstić information content (AvgIpc) is 2.68. The van der Waals surface area contributed by atoms with Crippen LogP contribution >= 0.6 is 0 Å². The van der Waals surface area contributed by atoms with Crippen molar-refractivity contribution in [1.82, 2.24) is 19.8 Å². The maximum absolute atomic E-state index is 13.7. The minimum Gasteiger partial charge on any atom is -0.370 e. The third-order valence-corrected chi connectivity index (χ3v) is 4.47. The van der Waals surface area contributed by atoms with Crippen molar-refractivity contribution >= 4 is 18.1 Å². The molecule has 2 heterocycles. The van der Waals surface area contributed by atoms with Gasteiger partial charge in [0.2, 0.25) is 6.41 Å². The van der Waals surface area contributed by atoms with E-state index in [4.69, 9.17) is 0 Å². The molecule has 8 heteroatoms. The molecule has 1 fully saturated rings. The zero-order chi connectivity index (χ0) is 19.2. The number of hydrogen-bond donors (Lipinski definition) is 1. The smallest absolute Gasteiger partial charge is 0.272 e. The molecule has 0 radical (unpaired) electrons. The van der Waals surface area contributed by atoms with E-state index in [1.165, 1.54) is 6.07 Å². The zero-order valence-electron chi connectivity index (χ0n) is 15.2. The van der Waals surface area contributed by atoms with E-state index >= 15 is 0 Å². The molecule has 2 aromatic rings. The van der Waals surface area contributed by atoms with Gasteiger partial charge in [-0.1, -0.05) is 18.2 Å². The molecule has 1 aliphatic heterocycles. The van der Waals surface area contributed by atoms with Gasteiger partial charge in [-0.15, -0.1) is 0 Å². The third kappa shape index (κ3) is 4.78. The maximum atomic E-state index is 13.7. The Labute approximate surface area is 157 Å². The lowest BCUT2D eigenvalue weighted by Crippen LogP contribution is -2.48. The Balaban J connectivity index is 1.63. The molecule has 1 aromatic heterocycles. The van der Waals surface area contributed by atoms with Crippen LogP contribution in [-0.4, -0.2) is 64.8 Å². The monoisotopic (exact) mass is 371 g/mol. The number of carbonyl (C=O) groups excluding carboxylic acids is 2. The summed E-state index contributed by atoms with van der Waals surface area (Å²) in [5, 5.41) is 3.13. The largest absolute Gasteiger partial charge is 0.370 e. The predicted molar refractivity (Wildman–Crippen MR) is 98.9 cm³/mol. The van der Waals surface area contributed by atoms with Gasteiger partial charge in [-0.25, -0.2) is 14.4 Å². The highest BCUT2D eigenvalue weighted by Crippen LogP contribution is 2.12. The van der Waals surface area contributed by atoms with Gasteiger partial charge < -0.3 is 15.1 Å². The Morgan fingerprint density at radius 3 is 2.67 bits per heavy atom. The molecule has 0 atom stereocenters. The molecule has 142 valence electrons. The zero-order valence-corrected chi connectivity index (χ0v) is 15.2. The molecule has 0 aliphatic carbocycles. The fourth-order valence-electron chi connectivity index (χ4n) is 2.99. The van der Waals surface area contributed by atoms with Crippen molar-refractivity contribution in [2.45, 2.75) is 13.3 Å². The van der Waals surface area contributed by atoms with Crippen molar-refractivity contribution in [3.8, 4) is 0 Å². The number of aryl methyl sites for hydroxylation is 1. The van der Waals surface area contributed by atoms with Crippen LogP contribution in [0.3, 0.4) is 0 Å². The highest BCUT2D eigenvalue weighted by atomic mass is 19.1. The van der Waals surface area contributed by atoms with E-state index in [0.29, 0.717) is 62.0 Å². The Morgan fingerprint density at radius 1 is 1.22 bits per heavy atom. The summed E-state index contributed by atoms with van der Waals surface area (Å²) in [6, 6.07) is 8.26. The van der Waals surface area contributed by atoms with Crippen LogP contribution in [0.5, 0.6) is 0 Å². The Kier molecular flexibility index (Phi) is 5.95. The van der Waals surface area contributed by atoms with E-state index in [2.05, 4.69) is 15.3 Å². The molecule has 0 bridgehead atoms. The molecule has 27 heavy (non-hydrogen) atoms. The van der Waals surface area contributed by atoms with Gasteiger partial charge in [0.1, 0.15) is 23.2 Å². The van der Waals surface area contributed by atoms with Crippen LogP contribution in [0.15, 0.2) is 30.3 Å². The van der Waals surface area contributed by atoms with Crippen LogP contribution in [0.1, 0.15) is 21.9 Å². The van der Waals surface area contributed by atoms with Crippen LogP contribution in [0, 0.1) is 12.7 Å². The number of rotatable bonds is 6. The topological polar surface area (TPSA) is 78.4 Å². The molecule has 0 unspecified atom stereocenters. The maximum Gasteiger partial charge on any atom is 0.272 e. The van der Waals surface area contributed by atoms with Gasteiger partial charge in [0, 0.05) is 38.8 Å². The summed E-state index contributed by atoms with van der Waals surface area (Å²) in [5.74, 6) is 0.612. The van der Waals surface area contributed by atoms with Gasteiger partial charge in [-0.05, 0) is 25.0 Å². The number of anilines is 1. The van der Waals surface area contributed by atoms with E-state index < -0.39 is 0 Å². The van der Waals surface area contributed by atoms with Gasteiger partial charge in [-0.3, -0.25) is 9.59 Å². The van der Waals surface area contributed by atoms with Gasteiger partial charge >= 0.3 is 0 Å². The first-order chi connectivity index (χ1) is 13.1. The van der Waals surface area contributed by atoms with E-state index in [0.717, 1.165) is 6.41 Å². The van der Waals surface area contributed by atoms with Crippen molar-refractivity contribution in [2.75, 3.05) is 38.0 Å². The second-order valence-electron chi connectivity index (χ2n) is 6.39. The van der Waals surface area contributed by atoms with E-state index in [1.807, 2.05) is 0 Å². The molecule has 1 aromatic carbocycles. The molecule has 1 aliphatic rings. The summed E-state index contributed by atoms with van der Waals surface area (Å²) in [6.45, 7) is 4.22. The summed E-state index contributed by atoms with van der Waals surface area (Å²) in [7, 11) is 0. The summed E-state index contributed by atoms with van der Waals surface area (Å²) >= 11 is 0. The molecular weight excluding hydrogens is 349 g/mol. The average molecular weight is 371 g/mol. The molecule has 0 saturated carbocycles. The molecular formula is C19H22FN5O2. The SMILES string of the molecule is Cc1nc(NCCc2ccccc2F)cc(C(=O)N2CCN(C=O)CC2)n1. The minimum absolute atomic E-state index is 0.178. The number of amides is 2. The summed E-state index contributed by atoms with van der Waals surface area (Å²) in [5.41, 5.74) is 0.940. The molecule has 0 spiro atoms. The number of aromatic nitrogens is 2. The number of hydrogen-bond acceptors (Lipinski definition) is 5. The lowest BCUT2D eigenvalue weighted by atomic mass is 10.1. The second kappa shape index (κ2) is 8.57. The van der Waals surface area contributed by atoms with Gasteiger partial charge in [0.15, 0.2) is 0 Å². The standard InChI is InChI=1S/C19H22FN5O2/c1-14-22-17(19(27)25-10-8-24(13-26)9-11-25)12-18(23-14)21-7-6-15-4-2-3-5-16(15)20/h2-5,12-13H,6-11H2,1H3,(H,21,22,23). The number of nitrogens with one attached hydrogen (secondary N) is 1. The number of halogens is 1. The lowest BCUT2D eigenvalue weighted by Gasteiger charge is -2.32. The lowest BCUT2D eigenvalue weighted by molar-refractivity contribution is -0.119. The minimum atomic E-state index is -0.233. The van der Waals surface area contributed by atoms with Crippen LogP contribution in [-0.2, 0) is 11.2 Å². The van der Waals surface area contributed by atoms with Crippen LogP contribution in [0.2, 0.25) is 0 Å². The molecule has 1 saturated heterocycles. The second-order valence-corrected chi connectivity index (χ2v) is 6.39. The summed E-state index contributed by atoms with van der Waals surface area (Å²) in [6.07, 6.45) is 1.31. The van der Waals surface area contributed by atoms with E-state index in [9.17, 15) is 14.0 Å². The number of nitrogens with zero attached hydrogens (tertiary/aromatic N) is 4. The van der Waals surface area contributed by atoms with Crippen molar-refractivity contribution in [3.63, 3.8) is 0 Å². The Hall–Kier alpha value is -3.03. The summed E-state index contributed by atoms with van der Waals surface area (Å²) in [4.78, 5) is 35.4. The van der Waals surface area contributed by atoms with Crippen molar-refractivity contribution in [3.05, 3.63) is 53.2 Å². The third-order valence-electron chi connectivity index (χ3n) is 4.47. The quantitative estimate of drug-likeness (QED) is 0.779. The highest BCUT2D eigenvalue weighted by Gasteiger charge is 2.23. The van der Waals surface area contributed by atoms with E-state index in [1.54, 1.807) is 41.0 Å². The Morgan fingerprint density at radius 2 is 1.96 bits per heavy atom. The van der Waals surface area contributed by atoms with Crippen molar-refractivity contribution in [1.29, 1.82) is 0 Å². The van der Waals surface area contributed by atoms with Crippen molar-refractivity contribution < 1.29 is 14.0 Å². The fourth-order valence-corrected chi connectivity index (χ4v) is 2.99. The number of benzene rings is 1. The first-order valence-electron chi connectivity index (χ1n) is 8.88. The number of carbonyl (C=O) groups is 2. The van der Waals surface area contributed by atoms with Crippen LogP contribution in [0.4, 0.5) is 10.2 Å². The first kappa shape index (κ1) is 18.8. The van der Waals surface area contributed by atoms with Crippen LogP contribution in [0.25, 0.3) is 0 Å². The molecule has 7 nitrogen and oxygen atoms in total. The first-order valence-corrected chi connectivity index (χ1v) is 8.88. The van der Waals surface area contributed by atoms with Crippen LogP contribution < -0.4 is 5.32 Å². The normalized spacial score (nSPS) is 14.1. The van der Waals surface area contributed by atoms with Gasteiger partial charge in [-0.2, -0.15) is 0 Å². The number of piperazine rings is 1. The van der Waals surface area contributed by atoms with Gasteiger partial charge in [0.05, 0.1) is 0 Å². The van der Waals surface area contributed by atoms with E-state index in [-0.39, 0.29) is 11.7 Å².